The monoisotopic (exact) mass is 441 g/mol. The van der Waals surface area contributed by atoms with Gasteiger partial charge in [0.05, 0.1) is 10.6 Å². The van der Waals surface area contributed by atoms with Gasteiger partial charge in [0.1, 0.15) is 6.04 Å². The average molecular weight is 442 g/mol. The van der Waals surface area contributed by atoms with Crippen LogP contribution in [0.5, 0.6) is 0 Å². The Hall–Kier alpha value is -3.04. The maximum atomic E-state index is 12.6. The van der Waals surface area contributed by atoms with Crippen molar-refractivity contribution in [3.8, 4) is 11.3 Å². The van der Waals surface area contributed by atoms with Gasteiger partial charge in [0, 0.05) is 17.5 Å². The number of amides is 2. The molecule has 1 aliphatic heterocycles. The molecule has 1 aliphatic rings. The maximum absolute atomic E-state index is 12.6. The lowest BCUT2D eigenvalue weighted by Crippen LogP contribution is -2.41. The van der Waals surface area contributed by atoms with Crippen LogP contribution in [0.1, 0.15) is 22.5 Å². The van der Waals surface area contributed by atoms with Crippen molar-refractivity contribution in [2.24, 2.45) is 0 Å². The fourth-order valence-corrected chi connectivity index (χ4v) is 4.67. The summed E-state index contributed by atoms with van der Waals surface area (Å²) < 4.78 is 5.18. The number of ether oxygens (including phenoxy) is 1. The SMILES string of the molecule is O=C(COC(=O)[C@H]1CCCN1C(=O)c1cccs1)Nc1nc(-c2ccccc2)cs1. The van der Waals surface area contributed by atoms with E-state index in [1.165, 1.54) is 27.6 Å². The lowest BCUT2D eigenvalue weighted by Gasteiger charge is -2.22. The highest BCUT2D eigenvalue weighted by Crippen LogP contribution is 2.25. The molecule has 3 aromatic rings. The number of nitrogens with zero attached hydrogens (tertiary/aromatic N) is 2. The van der Waals surface area contributed by atoms with E-state index in [9.17, 15) is 14.4 Å². The third-order valence-electron chi connectivity index (χ3n) is 4.68. The molecule has 0 bridgehead atoms. The van der Waals surface area contributed by atoms with Crippen molar-refractivity contribution in [3.05, 3.63) is 58.1 Å². The first-order valence-electron chi connectivity index (χ1n) is 9.44. The summed E-state index contributed by atoms with van der Waals surface area (Å²) in [6.45, 7) is 0.0840. The van der Waals surface area contributed by atoms with Crippen molar-refractivity contribution in [3.63, 3.8) is 0 Å². The molecular formula is C21H19N3O4S2. The van der Waals surface area contributed by atoms with E-state index in [4.69, 9.17) is 4.74 Å². The first kappa shape index (κ1) is 20.2. The van der Waals surface area contributed by atoms with Crippen LogP contribution >= 0.6 is 22.7 Å². The van der Waals surface area contributed by atoms with E-state index in [0.717, 1.165) is 17.7 Å². The number of nitrogens with one attached hydrogen (secondary N) is 1. The number of anilines is 1. The Bertz CT molecular complexity index is 1030. The standard InChI is InChI=1S/C21H19N3O4S2/c25-18(23-21-22-15(13-30-21)14-6-2-1-3-7-14)12-28-20(27)16-8-4-10-24(16)19(26)17-9-5-11-29-17/h1-3,5-7,9,11,13,16H,4,8,10,12H2,(H,22,23,25)/t16-/m1/s1. The van der Waals surface area contributed by atoms with Crippen molar-refractivity contribution in [2.45, 2.75) is 18.9 Å². The largest absolute Gasteiger partial charge is 0.454 e. The van der Waals surface area contributed by atoms with Crippen molar-refractivity contribution in [1.82, 2.24) is 9.88 Å². The van der Waals surface area contributed by atoms with Gasteiger partial charge < -0.3 is 9.64 Å². The van der Waals surface area contributed by atoms with Crippen molar-refractivity contribution < 1.29 is 19.1 Å². The van der Waals surface area contributed by atoms with Crippen LogP contribution < -0.4 is 5.32 Å². The molecule has 0 aliphatic carbocycles. The van der Waals surface area contributed by atoms with E-state index in [0.29, 0.717) is 23.0 Å². The Morgan fingerprint density at radius 3 is 2.73 bits per heavy atom. The van der Waals surface area contributed by atoms with Crippen LogP contribution in [0.3, 0.4) is 0 Å². The molecule has 3 heterocycles. The number of thiazole rings is 1. The second kappa shape index (κ2) is 9.19. The average Bonchev–Trinajstić information content (AvgIpc) is 3.54. The summed E-state index contributed by atoms with van der Waals surface area (Å²) >= 11 is 2.64. The Morgan fingerprint density at radius 2 is 1.97 bits per heavy atom. The Morgan fingerprint density at radius 1 is 1.13 bits per heavy atom. The third-order valence-corrected chi connectivity index (χ3v) is 6.30. The second-order valence-electron chi connectivity index (χ2n) is 6.69. The topological polar surface area (TPSA) is 88.6 Å². The molecule has 0 radical (unpaired) electrons. The minimum atomic E-state index is -0.656. The molecule has 7 nitrogen and oxygen atoms in total. The molecule has 0 saturated carbocycles. The molecule has 2 amide bonds. The van der Waals surface area contributed by atoms with Gasteiger partial charge in [-0.3, -0.25) is 14.9 Å². The van der Waals surface area contributed by atoms with E-state index < -0.39 is 24.5 Å². The molecule has 154 valence electrons. The number of carbonyl (C=O) groups is 3. The normalized spacial score (nSPS) is 15.7. The van der Waals surface area contributed by atoms with Crippen LogP contribution in [0.15, 0.2) is 53.2 Å². The number of likely N-dealkylation sites (tertiary alicyclic amines) is 1. The predicted octanol–water partition coefficient (Wildman–Crippen LogP) is 3.66. The first-order valence-corrected chi connectivity index (χ1v) is 11.2. The van der Waals surface area contributed by atoms with Crippen LogP contribution in [-0.2, 0) is 14.3 Å². The fraction of sp³-hybridized carbons (Fsp3) is 0.238. The van der Waals surface area contributed by atoms with Gasteiger partial charge in [0.25, 0.3) is 11.8 Å². The summed E-state index contributed by atoms with van der Waals surface area (Å²) in [5.74, 6) is -1.20. The summed E-state index contributed by atoms with van der Waals surface area (Å²) in [4.78, 5) is 43.7. The van der Waals surface area contributed by atoms with E-state index in [2.05, 4.69) is 10.3 Å². The van der Waals surface area contributed by atoms with Crippen molar-refractivity contribution in [2.75, 3.05) is 18.5 Å². The van der Waals surface area contributed by atoms with E-state index in [1.807, 2.05) is 41.1 Å². The zero-order valence-corrected chi connectivity index (χ0v) is 17.6. The molecule has 1 atom stereocenters. The smallest absolute Gasteiger partial charge is 0.329 e. The zero-order valence-electron chi connectivity index (χ0n) is 15.9. The van der Waals surface area contributed by atoms with E-state index in [-0.39, 0.29) is 5.91 Å². The number of aromatic nitrogens is 1. The molecule has 9 heteroatoms. The predicted molar refractivity (Wildman–Crippen MR) is 116 cm³/mol. The van der Waals surface area contributed by atoms with E-state index >= 15 is 0 Å². The first-order chi connectivity index (χ1) is 14.6. The summed E-state index contributed by atoms with van der Waals surface area (Å²) in [5.41, 5.74) is 1.72. The molecule has 4 rings (SSSR count). The highest BCUT2D eigenvalue weighted by molar-refractivity contribution is 7.14. The van der Waals surface area contributed by atoms with Crippen LogP contribution in [0.25, 0.3) is 11.3 Å². The van der Waals surface area contributed by atoms with Gasteiger partial charge in [0.2, 0.25) is 0 Å². The summed E-state index contributed by atoms with van der Waals surface area (Å²) in [7, 11) is 0. The quantitative estimate of drug-likeness (QED) is 0.590. The minimum Gasteiger partial charge on any atom is -0.454 e. The molecule has 2 aromatic heterocycles. The highest BCUT2D eigenvalue weighted by atomic mass is 32.1. The van der Waals surface area contributed by atoms with E-state index in [1.54, 1.807) is 12.1 Å². The molecule has 1 saturated heterocycles. The summed E-state index contributed by atoms with van der Waals surface area (Å²) in [5, 5.41) is 6.76. The van der Waals surface area contributed by atoms with Crippen molar-refractivity contribution in [1.29, 1.82) is 0 Å². The summed E-state index contributed by atoms with van der Waals surface area (Å²) in [6.07, 6.45) is 1.26. The van der Waals surface area contributed by atoms with Gasteiger partial charge in [-0.2, -0.15) is 0 Å². The molecule has 0 spiro atoms. The molecule has 0 unspecified atom stereocenters. The molecule has 1 N–H and O–H groups in total. The van der Waals surface area contributed by atoms with Crippen molar-refractivity contribution >= 4 is 45.6 Å². The van der Waals surface area contributed by atoms with Crippen LogP contribution in [0.2, 0.25) is 0 Å². The highest BCUT2D eigenvalue weighted by Gasteiger charge is 2.36. The number of hydrogen-bond acceptors (Lipinski definition) is 7. The fourth-order valence-electron chi connectivity index (χ4n) is 3.26. The number of benzene rings is 1. The third kappa shape index (κ3) is 4.58. The zero-order chi connectivity index (χ0) is 20.9. The maximum Gasteiger partial charge on any atom is 0.329 e. The number of rotatable bonds is 6. The van der Waals surface area contributed by atoms with Gasteiger partial charge in [-0.15, -0.1) is 22.7 Å². The molecule has 1 aromatic carbocycles. The van der Waals surface area contributed by atoms with Crippen LogP contribution in [-0.4, -0.2) is 46.9 Å². The Balaban J connectivity index is 1.30. The van der Waals surface area contributed by atoms with Crippen LogP contribution in [0.4, 0.5) is 5.13 Å². The van der Waals surface area contributed by atoms with Crippen LogP contribution in [0, 0.1) is 0 Å². The molecule has 30 heavy (non-hydrogen) atoms. The Labute approximate surface area is 181 Å². The number of hydrogen-bond donors (Lipinski definition) is 1. The minimum absolute atomic E-state index is 0.176. The van der Waals surface area contributed by atoms with Gasteiger partial charge >= 0.3 is 5.97 Å². The molecule has 1 fully saturated rings. The van der Waals surface area contributed by atoms with Gasteiger partial charge in [-0.1, -0.05) is 36.4 Å². The van der Waals surface area contributed by atoms with Gasteiger partial charge in [-0.25, -0.2) is 9.78 Å². The second-order valence-corrected chi connectivity index (χ2v) is 8.50. The Kier molecular flexibility index (Phi) is 6.20. The number of thiophene rings is 1. The van der Waals surface area contributed by atoms with Gasteiger partial charge in [-0.05, 0) is 24.3 Å². The molecular weight excluding hydrogens is 422 g/mol. The van der Waals surface area contributed by atoms with Gasteiger partial charge in [0.15, 0.2) is 11.7 Å². The lowest BCUT2D eigenvalue weighted by atomic mass is 10.2. The number of esters is 1. The number of carbonyl (C=O) groups excluding carboxylic acids is 3. The summed E-state index contributed by atoms with van der Waals surface area (Å²) in [6, 6.07) is 12.5. The lowest BCUT2D eigenvalue weighted by molar-refractivity contribution is -0.151.